The molecule has 1 saturated heterocycles. The third-order valence-electron chi connectivity index (χ3n) is 5.01. The van der Waals surface area contributed by atoms with Crippen LogP contribution < -0.4 is 10.1 Å². The second kappa shape index (κ2) is 6.96. The zero-order valence-corrected chi connectivity index (χ0v) is 15.3. The largest absolute Gasteiger partial charge is 0.489 e. The first-order valence-electron chi connectivity index (χ1n) is 9.00. The van der Waals surface area contributed by atoms with Crippen molar-refractivity contribution in [1.29, 1.82) is 0 Å². The van der Waals surface area contributed by atoms with Crippen LogP contribution >= 0.6 is 0 Å². The molecule has 5 nitrogen and oxygen atoms in total. The van der Waals surface area contributed by atoms with Gasteiger partial charge in [-0.2, -0.15) is 0 Å². The summed E-state index contributed by atoms with van der Waals surface area (Å²) < 4.78 is 19.0. The van der Waals surface area contributed by atoms with E-state index in [9.17, 15) is 14.0 Å². The number of nitrogens with one attached hydrogen (secondary N) is 1. The molecule has 3 aromatic carbocycles. The van der Waals surface area contributed by atoms with Crippen LogP contribution in [-0.2, 0) is 10.3 Å². The molecule has 3 amide bonds. The van der Waals surface area contributed by atoms with E-state index in [4.69, 9.17) is 4.74 Å². The van der Waals surface area contributed by atoms with Crippen molar-refractivity contribution in [2.24, 2.45) is 0 Å². The van der Waals surface area contributed by atoms with Crippen LogP contribution in [0.1, 0.15) is 12.5 Å². The number of carbonyl (C=O) groups is 2. The summed E-state index contributed by atoms with van der Waals surface area (Å²) in [6, 6.07) is 19.0. The molecule has 0 saturated carbocycles. The maximum atomic E-state index is 13.6. The van der Waals surface area contributed by atoms with Crippen molar-refractivity contribution < 1.29 is 18.7 Å². The fourth-order valence-electron chi connectivity index (χ4n) is 3.40. The Labute approximate surface area is 161 Å². The zero-order chi connectivity index (χ0) is 19.7. The number of para-hydroxylation sites is 1. The third kappa shape index (κ3) is 3.07. The zero-order valence-electron chi connectivity index (χ0n) is 15.3. The maximum absolute atomic E-state index is 13.6. The van der Waals surface area contributed by atoms with Crippen LogP contribution in [0.15, 0.2) is 66.7 Å². The van der Waals surface area contributed by atoms with E-state index >= 15 is 0 Å². The Hall–Kier alpha value is -3.41. The molecule has 28 heavy (non-hydrogen) atoms. The second-order valence-corrected chi connectivity index (χ2v) is 6.85. The van der Waals surface area contributed by atoms with Gasteiger partial charge in [0.2, 0.25) is 0 Å². The summed E-state index contributed by atoms with van der Waals surface area (Å²) in [7, 11) is 0. The number of hydrogen-bond acceptors (Lipinski definition) is 3. The highest BCUT2D eigenvalue weighted by molar-refractivity contribution is 6.07. The fourth-order valence-corrected chi connectivity index (χ4v) is 3.40. The van der Waals surface area contributed by atoms with Crippen LogP contribution in [0.5, 0.6) is 5.75 Å². The van der Waals surface area contributed by atoms with Crippen LogP contribution in [0.3, 0.4) is 0 Å². The van der Waals surface area contributed by atoms with Crippen LogP contribution in [-0.4, -0.2) is 30.0 Å². The van der Waals surface area contributed by atoms with E-state index in [0.29, 0.717) is 5.56 Å². The van der Waals surface area contributed by atoms with Gasteiger partial charge in [0.25, 0.3) is 5.91 Å². The first-order chi connectivity index (χ1) is 13.5. The topological polar surface area (TPSA) is 58.6 Å². The molecule has 142 valence electrons. The van der Waals surface area contributed by atoms with Crippen molar-refractivity contribution in [3.63, 3.8) is 0 Å². The predicted molar refractivity (Wildman–Crippen MR) is 103 cm³/mol. The van der Waals surface area contributed by atoms with E-state index in [0.717, 1.165) is 15.7 Å². The summed E-state index contributed by atoms with van der Waals surface area (Å²) in [5.41, 5.74) is -0.443. The number of ether oxygens (including phenoxy) is 1. The molecule has 1 heterocycles. The number of benzene rings is 3. The van der Waals surface area contributed by atoms with Crippen molar-refractivity contribution in [2.75, 3.05) is 13.2 Å². The van der Waals surface area contributed by atoms with E-state index < -0.39 is 17.4 Å². The highest BCUT2D eigenvalue weighted by atomic mass is 19.1. The van der Waals surface area contributed by atoms with Crippen molar-refractivity contribution in [3.8, 4) is 5.75 Å². The molecule has 3 aromatic rings. The number of nitrogens with zero attached hydrogens (tertiary/aromatic N) is 1. The number of carbonyl (C=O) groups excluding carboxylic acids is 2. The average molecular weight is 378 g/mol. The molecule has 1 aliphatic heterocycles. The van der Waals surface area contributed by atoms with Crippen molar-refractivity contribution >= 4 is 22.7 Å². The van der Waals surface area contributed by atoms with Gasteiger partial charge < -0.3 is 10.1 Å². The van der Waals surface area contributed by atoms with Crippen molar-refractivity contribution in [3.05, 3.63) is 78.1 Å². The number of fused-ring (bicyclic) bond motifs is 1. The monoisotopic (exact) mass is 378 g/mol. The van der Waals surface area contributed by atoms with Crippen molar-refractivity contribution in [2.45, 2.75) is 12.5 Å². The quantitative estimate of drug-likeness (QED) is 0.687. The molecule has 0 aliphatic carbocycles. The molecule has 0 bridgehead atoms. The number of imide groups is 1. The molecule has 1 atom stereocenters. The molecule has 4 rings (SSSR count). The van der Waals surface area contributed by atoms with Crippen LogP contribution in [0.2, 0.25) is 0 Å². The van der Waals surface area contributed by atoms with Crippen LogP contribution in [0, 0.1) is 5.82 Å². The minimum absolute atomic E-state index is 0.00783. The molecular formula is C22H19FN2O3. The molecular weight excluding hydrogens is 359 g/mol. The molecule has 1 fully saturated rings. The van der Waals surface area contributed by atoms with Gasteiger partial charge >= 0.3 is 6.03 Å². The molecule has 1 N–H and O–H groups in total. The normalized spacial score (nSPS) is 19.1. The van der Waals surface area contributed by atoms with Gasteiger partial charge in [-0.1, -0.05) is 48.5 Å². The van der Waals surface area contributed by atoms with Gasteiger partial charge in [-0.05, 0) is 41.5 Å². The summed E-state index contributed by atoms with van der Waals surface area (Å²) in [5, 5.41) is 4.83. The number of halogens is 1. The summed E-state index contributed by atoms with van der Waals surface area (Å²) in [5.74, 6) is -0.752. The van der Waals surface area contributed by atoms with E-state index in [1.54, 1.807) is 19.1 Å². The lowest BCUT2D eigenvalue weighted by molar-refractivity contribution is -0.131. The minimum atomic E-state index is -1.15. The predicted octanol–water partition coefficient (Wildman–Crippen LogP) is 3.82. The maximum Gasteiger partial charge on any atom is 0.325 e. The molecule has 0 aromatic heterocycles. The van der Waals surface area contributed by atoms with E-state index in [-0.39, 0.29) is 24.8 Å². The van der Waals surface area contributed by atoms with E-state index in [1.165, 1.54) is 12.1 Å². The smallest absolute Gasteiger partial charge is 0.325 e. The standard InChI is InChI=1S/C22H19FN2O3/c1-22(17-11-10-15-6-2-3-7-16(15)14-17)20(26)25(21(27)24-22)12-13-28-19-9-5-4-8-18(19)23/h2-11,14H,12-13H2,1H3,(H,24,27). The molecule has 0 radical (unpaired) electrons. The Morgan fingerprint density at radius 2 is 1.71 bits per heavy atom. The van der Waals surface area contributed by atoms with Gasteiger partial charge in [0.15, 0.2) is 11.6 Å². The van der Waals surface area contributed by atoms with Crippen LogP contribution in [0.4, 0.5) is 9.18 Å². The Balaban J connectivity index is 1.51. The summed E-state index contributed by atoms with van der Waals surface area (Å²) in [6.45, 7) is 1.73. The minimum Gasteiger partial charge on any atom is -0.489 e. The lowest BCUT2D eigenvalue weighted by Gasteiger charge is -2.22. The SMILES string of the molecule is CC1(c2ccc3ccccc3c2)NC(=O)N(CCOc2ccccc2F)C1=O. The van der Waals surface area contributed by atoms with Gasteiger partial charge in [0, 0.05) is 0 Å². The average Bonchev–Trinajstić information content (AvgIpc) is 2.93. The molecule has 1 aliphatic rings. The number of rotatable bonds is 5. The summed E-state index contributed by atoms with van der Waals surface area (Å²) in [6.07, 6.45) is 0. The number of amides is 3. The molecule has 6 heteroatoms. The van der Waals surface area contributed by atoms with Gasteiger partial charge in [-0.15, -0.1) is 0 Å². The first-order valence-corrected chi connectivity index (χ1v) is 9.00. The van der Waals surface area contributed by atoms with Gasteiger partial charge in [0.05, 0.1) is 6.54 Å². The van der Waals surface area contributed by atoms with Gasteiger partial charge in [-0.3, -0.25) is 9.69 Å². The summed E-state index contributed by atoms with van der Waals surface area (Å²) >= 11 is 0. The second-order valence-electron chi connectivity index (χ2n) is 6.85. The number of hydrogen-bond donors (Lipinski definition) is 1. The highest BCUT2D eigenvalue weighted by Gasteiger charge is 2.48. The van der Waals surface area contributed by atoms with Crippen molar-refractivity contribution in [1.82, 2.24) is 10.2 Å². The molecule has 0 spiro atoms. The summed E-state index contributed by atoms with van der Waals surface area (Å²) in [4.78, 5) is 26.5. The third-order valence-corrected chi connectivity index (χ3v) is 5.01. The first kappa shape index (κ1) is 18.0. The molecule has 1 unspecified atom stereocenters. The fraction of sp³-hybridized carbons (Fsp3) is 0.182. The lowest BCUT2D eigenvalue weighted by atomic mass is 9.90. The Morgan fingerprint density at radius 1 is 1.00 bits per heavy atom. The van der Waals surface area contributed by atoms with Gasteiger partial charge in [0.1, 0.15) is 12.1 Å². The van der Waals surface area contributed by atoms with E-state index in [2.05, 4.69) is 5.32 Å². The van der Waals surface area contributed by atoms with Gasteiger partial charge in [-0.25, -0.2) is 9.18 Å². The number of urea groups is 1. The van der Waals surface area contributed by atoms with Crippen LogP contribution in [0.25, 0.3) is 10.8 Å². The highest BCUT2D eigenvalue weighted by Crippen LogP contribution is 2.31. The lowest BCUT2D eigenvalue weighted by Crippen LogP contribution is -2.41. The Bertz CT molecular complexity index is 1070. The Kier molecular flexibility index (Phi) is 4.47. The van der Waals surface area contributed by atoms with E-state index in [1.807, 2.05) is 42.5 Å². The Morgan fingerprint density at radius 3 is 2.50 bits per heavy atom.